The minimum Gasteiger partial charge on any atom is -0.349 e. The highest BCUT2D eigenvalue weighted by Crippen LogP contribution is 2.15. The standard InChI is InChI=1S/C17H23N3O/c1-6-14(10(2)3)20-17(21)13-7-8-15-16(9-13)19-12(5)11(4)18-15/h7-10,14H,6H2,1-5H3,(H,20,21)/t14-/m1/s1. The third-order valence-corrected chi connectivity index (χ3v) is 3.90. The van der Waals surface area contributed by atoms with Crippen LogP contribution in [-0.2, 0) is 0 Å². The lowest BCUT2D eigenvalue weighted by atomic mass is 10.0. The highest BCUT2D eigenvalue weighted by atomic mass is 16.1. The van der Waals surface area contributed by atoms with Crippen LogP contribution in [0, 0.1) is 19.8 Å². The van der Waals surface area contributed by atoms with Crippen molar-refractivity contribution in [1.82, 2.24) is 15.3 Å². The Kier molecular flexibility index (Phi) is 4.56. The molecule has 1 N–H and O–H groups in total. The molecule has 1 amide bonds. The number of rotatable bonds is 4. The van der Waals surface area contributed by atoms with E-state index >= 15 is 0 Å². The fourth-order valence-corrected chi connectivity index (χ4v) is 2.36. The van der Waals surface area contributed by atoms with Gasteiger partial charge in [-0.3, -0.25) is 4.79 Å². The SMILES string of the molecule is CC[C@@H](NC(=O)c1ccc2nc(C)c(C)nc2c1)C(C)C. The molecule has 1 aromatic heterocycles. The number of carbonyl (C=O) groups is 1. The van der Waals surface area contributed by atoms with Crippen LogP contribution in [0.25, 0.3) is 11.0 Å². The molecule has 2 aromatic rings. The predicted octanol–water partition coefficient (Wildman–Crippen LogP) is 3.41. The molecule has 0 saturated carbocycles. The smallest absolute Gasteiger partial charge is 0.251 e. The lowest BCUT2D eigenvalue weighted by Crippen LogP contribution is -2.37. The van der Waals surface area contributed by atoms with Crippen molar-refractivity contribution in [2.24, 2.45) is 5.92 Å². The van der Waals surface area contributed by atoms with E-state index in [2.05, 4.69) is 36.1 Å². The minimum absolute atomic E-state index is 0.0440. The van der Waals surface area contributed by atoms with Crippen molar-refractivity contribution in [2.45, 2.75) is 47.1 Å². The first-order valence-corrected chi connectivity index (χ1v) is 7.48. The second-order valence-corrected chi connectivity index (χ2v) is 5.83. The molecule has 0 aliphatic rings. The molecule has 4 nitrogen and oxygen atoms in total. The summed E-state index contributed by atoms with van der Waals surface area (Å²) in [7, 11) is 0. The Morgan fingerprint density at radius 2 is 1.76 bits per heavy atom. The number of aromatic nitrogens is 2. The van der Waals surface area contributed by atoms with E-state index in [0.717, 1.165) is 28.8 Å². The van der Waals surface area contributed by atoms with Gasteiger partial charge in [0.1, 0.15) is 0 Å². The lowest BCUT2D eigenvalue weighted by Gasteiger charge is -2.20. The number of nitrogens with zero attached hydrogens (tertiary/aromatic N) is 2. The van der Waals surface area contributed by atoms with E-state index in [1.54, 1.807) is 0 Å². The summed E-state index contributed by atoms with van der Waals surface area (Å²) in [6.07, 6.45) is 0.926. The molecular weight excluding hydrogens is 262 g/mol. The Labute approximate surface area is 126 Å². The zero-order valence-corrected chi connectivity index (χ0v) is 13.4. The van der Waals surface area contributed by atoms with E-state index in [9.17, 15) is 4.79 Å². The summed E-state index contributed by atoms with van der Waals surface area (Å²) in [5.74, 6) is 0.376. The highest BCUT2D eigenvalue weighted by Gasteiger charge is 2.16. The first-order chi connectivity index (χ1) is 9.92. The summed E-state index contributed by atoms with van der Waals surface area (Å²) >= 11 is 0. The van der Waals surface area contributed by atoms with Gasteiger partial charge in [0, 0.05) is 11.6 Å². The van der Waals surface area contributed by atoms with Crippen LogP contribution in [0.1, 0.15) is 48.9 Å². The average Bonchev–Trinajstić information content (AvgIpc) is 2.44. The zero-order chi connectivity index (χ0) is 15.6. The van der Waals surface area contributed by atoms with Crippen molar-refractivity contribution in [2.75, 3.05) is 0 Å². The maximum Gasteiger partial charge on any atom is 0.251 e. The van der Waals surface area contributed by atoms with E-state index in [1.165, 1.54) is 0 Å². The molecule has 0 aliphatic carbocycles. The van der Waals surface area contributed by atoms with Crippen molar-refractivity contribution in [3.05, 3.63) is 35.2 Å². The number of benzene rings is 1. The molecule has 21 heavy (non-hydrogen) atoms. The first-order valence-electron chi connectivity index (χ1n) is 7.48. The molecule has 4 heteroatoms. The van der Waals surface area contributed by atoms with Gasteiger partial charge in [-0.15, -0.1) is 0 Å². The van der Waals surface area contributed by atoms with Crippen molar-refractivity contribution in [3.63, 3.8) is 0 Å². The van der Waals surface area contributed by atoms with Gasteiger partial charge in [-0.1, -0.05) is 20.8 Å². The van der Waals surface area contributed by atoms with Crippen LogP contribution in [0.4, 0.5) is 0 Å². The van der Waals surface area contributed by atoms with Crippen LogP contribution in [0.2, 0.25) is 0 Å². The van der Waals surface area contributed by atoms with Gasteiger partial charge < -0.3 is 5.32 Å². The quantitative estimate of drug-likeness (QED) is 0.936. The second kappa shape index (κ2) is 6.20. The summed E-state index contributed by atoms with van der Waals surface area (Å²) in [6, 6.07) is 5.68. The van der Waals surface area contributed by atoms with E-state index in [-0.39, 0.29) is 11.9 Å². The van der Waals surface area contributed by atoms with Crippen LogP contribution in [0.5, 0.6) is 0 Å². The minimum atomic E-state index is -0.0440. The van der Waals surface area contributed by atoms with Crippen LogP contribution < -0.4 is 5.32 Å². The van der Waals surface area contributed by atoms with Crippen LogP contribution in [-0.4, -0.2) is 21.9 Å². The van der Waals surface area contributed by atoms with Crippen LogP contribution >= 0.6 is 0 Å². The molecule has 1 atom stereocenters. The molecule has 0 saturated heterocycles. The molecule has 0 bridgehead atoms. The maximum atomic E-state index is 12.4. The van der Waals surface area contributed by atoms with Crippen molar-refractivity contribution < 1.29 is 4.79 Å². The molecule has 0 radical (unpaired) electrons. The highest BCUT2D eigenvalue weighted by molar-refractivity contribution is 5.97. The average molecular weight is 285 g/mol. The second-order valence-electron chi connectivity index (χ2n) is 5.83. The van der Waals surface area contributed by atoms with E-state index < -0.39 is 0 Å². The van der Waals surface area contributed by atoms with Gasteiger partial charge in [0.2, 0.25) is 0 Å². The Balaban J connectivity index is 2.30. The number of aryl methyl sites for hydroxylation is 2. The molecule has 0 spiro atoms. The van der Waals surface area contributed by atoms with Gasteiger partial charge >= 0.3 is 0 Å². The first kappa shape index (κ1) is 15.4. The molecule has 1 aromatic carbocycles. The molecule has 0 aliphatic heterocycles. The van der Waals surface area contributed by atoms with Crippen LogP contribution in [0.15, 0.2) is 18.2 Å². The molecule has 0 unspecified atom stereocenters. The van der Waals surface area contributed by atoms with Gasteiger partial charge in [-0.25, -0.2) is 9.97 Å². The summed E-state index contributed by atoms with van der Waals surface area (Å²) in [5.41, 5.74) is 4.05. The van der Waals surface area contributed by atoms with Gasteiger partial charge in [-0.05, 0) is 44.4 Å². The van der Waals surface area contributed by atoms with Crippen LogP contribution in [0.3, 0.4) is 0 Å². The number of amides is 1. The topological polar surface area (TPSA) is 54.9 Å². The molecule has 0 fully saturated rings. The van der Waals surface area contributed by atoms with Gasteiger partial charge in [0.25, 0.3) is 5.91 Å². The van der Waals surface area contributed by atoms with E-state index in [4.69, 9.17) is 0 Å². The molecular formula is C17H23N3O. The monoisotopic (exact) mass is 285 g/mol. The Morgan fingerprint density at radius 1 is 1.14 bits per heavy atom. The van der Waals surface area contributed by atoms with Gasteiger partial charge in [-0.2, -0.15) is 0 Å². The predicted molar refractivity (Wildman–Crippen MR) is 85.4 cm³/mol. The zero-order valence-electron chi connectivity index (χ0n) is 13.4. The molecule has 1 heterocycles. The number of hydrogen-bond donors (Lipinski definition) is 1. The van der Waals surface area contributed by atoms with E-state index in [0.29, 0.717) is 11.5 Å². The number of carbonyl (C=O) groups excluding carboxylic acids is 1. The third kappa shape index (κ3) is 3.38. The fourth-order valence-electron chi connectivity index (χ4n) is 2.36. The maximum absolute atomic E-state index is 12.4. The van der Waals surface area contributed by atoms with E-state index in [1.807, 2.05) is 32.0 Å². The van der Waals surface area contributed by atoms with Crippen molar-refractivity contribution in [1.29, 1.82) is 0 Å². The van der Waals surface area contributed by atoms with Crippen molar-refractivity contribution in [3.8, 4) is 0 Å². The number of fused-ring (bicyclic) bond motifs is 1. The molecule has 2 rings (SSSR count). The Morgan fingerprint density at radius 3 is 2.33 bits per heavy atom. The molecule has 112 valence electrons. The fraction of sp³-hybridized carbons (Fsp3) is 0.471. The normalized spacial score (nSPS) is 12.7. The third-order valence-electron chi connectivity index (χ3n) is 3.90. The number of hydrogen-bond acceptors (Lipinski definition) is 3. The Bertz CT molecular complexity index is 664. The summed E-state index contributed by atoms with van der Waals surface area (Å²) in [4.78, 5) is 21.4. The summed E-state index contributed by atoms with van der Waals surface area (Å²) < 4.78 is 0. The summed E-state index contributed by atoms with van der Waals surface area (Å²) in [5, 5.41) is 3.09. The Hall–Kier alpha value is -1.97. The number of nitrogens with one attached hydrogen (secondary N) is 1. The lowest BCUT2D eigenvalue weighted by molar-refractivity contribution is 0.0924. The van der Waals surface area contributed by atoms with Crippen molar-refractivity contribution >= 4 is 16.9 Å². The van der Waals surface area contributed by atoms with Gasteiger partial charge in [0.05, 0.1) is 22.4 Å². The summed E-state index contributed by atoms with van der Waals surface area (Å²) in [6.45, 7) is 10.2. The van der Waals surface area contributed by atoms with Gasteiger partial charge in [0.15, 0.2) is 0 Å². The largest absolute Gasteiger partial charge is 0.349 e.